The van der Waals surface area contributed by atoms with Gasteiger partial charge in [-0.1, -0.05) is 6.07 Å². The first-order valence-corrected chi connectivity index (χ1v) is 9.11. The van der Waals surface area contributed by atoms with Crippen LogP contribution in [0.25, 0.3) is 5.57 Å². The maximum Gasteiger partial charge on any atom is 0.264 e. The minimum atomic E-state index is -0.0448. The molecule has 0 spiro atoms. The number of rotatable bonds is 4. The highest BCUT2D eigenvalue weighted by Gasteiger charge is 2.23. The molecule has 1 atom stereocenters. The van der Waals surface area contributed by atoms with Gasteiger partial charge in [-0.05, 0) is 59.7 Å². The van der Waals surface area contributed by atoms with E-state index in [4.69, 9.17) is 9.47 Å². The van der Waals surface area contributed by atoms with Crippen molar-refractivity contribution >= 4 is 22.9 Å². The molecule has 2 aliphatic heterocycles. The Hall–Kier alpha value is -3.41. The van der Waals surface area contributed by atoms with Crippen LogP contribution in [0.2, 0.25) is 0 Å². The third-order valence-electron chi connectivity index (χ3n) is 5.05. The van der Waals surface area contributed by atoms with Crippen LogP contribution in [-0.2, 0) is 4.79 Å². The largest absolute Gasteiger partial charge is 0.497 e. The second-order valence-corrected chi connectivity index (χ2v) is 6.84. The molecule has 4 rings (SSSR count). The molecule has 1 N–H and O–H groups in total. The molecule has 28 heavy (non-hydrogen) atoms. The Morgan fingerprint density at radius 1 is 1.14 bits per heavy atom. The number of anilines is 2. The second kappa shape index (κ2) is 7.31. The van der Waals surface area contributed by atoms with Crippen molar-refractivity contribution in [2.45, 2.75) is 6.17 Å². The third kappa shape index (κ3) is 3.41. The van der Waals surface area contributed by atoms with E-state index in [0.29, 0.717) is 0 Å². The van der Waals surface area contributed by atoms with Gasteiger partial charge in [0.1, 0.15) is 17.7 Å². The van der Waals surface area contributed by atoms with E-state index >= 15 is 0 Å². The van der Waals surface area contributed by atoms with Gasteiger partial charge in [0, 0.05) is 26.0 Å². The molecule has 0 aliphatic carbocycles. The van der Waals surface area contributed by atoms with Crippen molar-refractivity contribution in [2.24, 2.45) is 0 Å². The van der Waals surface area contributed by atoms with Crippen molar-refractivity contribution in [3.63, 3.8) is 0 Å². The highest BCUT2D eigenvalue weighted by molar-refractivity contribution is 5.98. The van der Waals surface area contributed by atoms with Gasteiger partial charge >= 0.3 is 0 Å². The molecule has 2 heterocycles. The number of benzene rings is 2. The van der Waals surface area contributed by atoms with Gasteiger partial charge in [0.2, 0.25) is 0 Å². The summed E-state index contributed by atoms with van der Waals surface area (Å²) in [5.74, 6) is 1.52. The number of amides is 1. The van der Waals surface area contributed by atoms with Gasteiger partial charge in [-0.3, -0.25) is 4.79 Å². The summed E-state index contributed by atoms with van der Waals surface area (Å²) in [7, 11) is 5.46. The lowest BCUT2D eigenvalue weighted by molar-refractivity contribution is -0.120. The second-order valence-electron chi connectivity index (χ2n) is 6.84. The number of nitrogens with one attached hydrogen (secondary N) is 1. The molecule has 6 heteroatoms. The van der Waals surface area contributed by atoms with Crippen LogP contribution in [0.4, 0.5) is 11.4 Å². The number of fused-ring (bicyclic) bond motifs is 1. The first kappa shape index (κ1) is 18.0. The minimum Gasteiger partial charge on any atom is -0.497 e. The maximum absolute atomic E-state index is 11.9. The Morgan fingerprint density at radius 2 is 1.93 bits per heavy atom. The Kier molecular flexibility index (Phi) is 4.69. The normalized spacial score (nSPS) is 18.3. The molecule has 6 nitrogen and oxygen atoms in total. The fourth-order valence-corrected chi connectivity index (χ4v) is 3.28. The minimum absolute atomic E-state index is 0.0000359. The molecule has 0 bridgehead atoms. The van der Waals surface area contributed by atoms with Gasteiger partial charge in [-0.2, -0.15) is 0 Å². The van der Waals surface area contributed by atoms with E-state index in [1.54, 1.807) is 19.1 Å². The number of carbonyl (C=O) groups excluding carboxylic acids is 1. The van der Waals surface area contributed by atoms with Gasteiger partial charge in [0.15, 0.2) is 6.61 Å². The summed E-state index contributed by atoms with van der Waals surface area (Å²) in [5.41, 5.74) is 3.92. The quantitative estimate of drug-likeness (QED) is 0.886. The summed E-state index contributed by atoms with van der Waals surface area (Å²) in [4.78, 5) is 15.7. The van der Waals surface area contributed by atoms with Crippen molar-refractivity contribution in [1.29, 1.82) is 0 Å². The Bertz CT molecular complexity index is 950. The Balaban J connectivity index is 1.59. The summed E-state index contributed by atoms with van der Waals surface area (Å²) < 4.78 is 10.7. The average Bonchev–Trinajstić information content (AvgIpc) is 2.73. The summed E-state index contributed by atoms with van der Waals surface area (Å²) in [6.45, 7) is 0.0874. The van der Waals surface area contributed by atoms with Crippen LogP contribution in [0.3, 0.4) is 0 Å². The number of methoxy groups -OCH3 is 1. The fraction of sp³-hybridized carbons (Fsp3) is 0.227. The van der Waals surface area contributed by atoms with Crippen LogP contribution >= 0.6 is 0 Å². The predicted octanol–water partition coefficient (Wildman–Crippen LogP) is 3.33. The molecule has 2 aromatic carbocycles. The number of allylic oxidation sites excluding steroid dienone is 2. The van der Waals surface area contributed by atoms with E-state index in [1.807, 2.05) is 55.7 Å². The topological polar surface area (TPSA) is 54.0 Å². The highest BCUT2D eigenvalue weighted by Crippen LogP contribution is 2.35. The van der Waals surface area contributed by atoms with Crippen molar-refractivity contribution in [3.05, 3.63) is 66.4 Å². The van der Waals surface area contributed by atoms with E-state index in [-0.39, 0.29) is 18.7 Å². The molecule has 2 aliphatic rings. The van der Waals surface area contributed by atoms with Crippen LogP contribution in [0.1, 0.15) is 5.56 Å². The summed E-state index contributed by atoms with van der Waals surface area (Å²) in [6, 6.07) is 13.8. The monoisotopic (exact) mass is 377 g/mol. The van der Waals surface area contributed by atoms with Gasteiger partial charge in [-0.25, -0.2) is 0 Å². The summed E-state index contributed by atoms with van der Waals surface area (Å²) >= 11 is 0. The van der Waals surface area contributed by atoms with Crippen molar-refractivity contribution in [1.82, 2.24) is 4.90 Å². The Morgan fingerprint density at radius 3 is 2.68 bits per heavy atom. The molecular formula is C22H23N3O3. The fourth-order valence-electron chi connectivity index (χ4n) is 3.28. The molecule has 1 unspecified atom stereocenters. The average molecular weight is 377 g/mol. The van der Waals surface area contributed by atoms with Crippen molar-refractivity contribution in [2.75, 3.05) is 38.0 Å². The van der Waals surface area contributed by atoms with E-state index in [0.717, 1.165) is 34.0 Å². The first-order valence-electron chi connectivity index (χ1n) is 9.11. The van der Waals surface area contributed by atoms with E-state index < -0.39 is 0 Å². The van der Waals surface area contributed by atoms with E-state index in [9.17, 15) is 4.79 Å². The predicted molar refractivity (Wildman–Crippen MR) is 111 cm³/mol. The Labute approximate surface area is 164 Å². The zero-order valence-corrected chi connectivity index (χ0v) is 16.2. The van der Waals surface area contributed by atoms with E-state index in [2.05, 4.69) is 22.4 Å². The molecule has 0 fully saturated rings. The lowest BCUT2D eigenvalue weighted by Gasteiger charge is -2.30. The maximum atomic E-state index is 11.9. The molecule has 0 radical (unpaired) electrons. The van der Waals surface area contributed by atoms with Crippen molar-refractivity contribution in [3.8, 4) is 11.5 Å². The number of hydrogen-bond acceptors (Lipinski definition) is 5. The number of carbonyl (C=O) groups is 1. The van der Waals surface area contributed by atoms with Gasteiger partial charge < -0.3 is 24.6 Å². The number of ether oxygens (including phenoxy) is 2. The zero-order chi connectivity index (χ0) is 19.7. The molecule has 2 aromatic rings. The summed E-state index contributed by atoms with van der Waals surface area (Å²) in [6.07, 6.45) is 6.28. The van der Waals surface area contributed by atoms with Crippen LogP contribution < -0.4 is 19.7 Å². The van der Waals surface area contributed by atoms with Crippen molar-refractivity contribution < 1.29 is 14.3 Å². The highest BCUT2D eigenvalue weighted by atomic mass is 16.5. The molecule has 0 saturated heterocycles. The summed E-state index contributed by atoms with van der Waals surface area (Å²) in [5, 5.41) is 3.51. The number of likely N-dealkylation sites (N-methyl/N-ethyl adjacent to an activating group) is 2. The lowest BCUT2D eigenvalue weighted by atomic mass is 10.0. The first-order chi connectivity index (χ1) is 13.5. The lowest BCUT2D eigenvalue weighted by Crippen LogP contribution is -2.35. The van der Waals surface area contributed by atoms with E-state index in [1.165, 1.54) is 0 Å². The molecular weight excluding hydrogens is 354 g/mol. The van der Waals surface area contributed by atoms with Crippen LogP contribution in [0.5, 0.6) is 11.5 Å². The van der Waals surface area contributed by atoms with Crippen LogP contribution in [0, 0.1) is 0 Å². The van der Waals surface area contributed by atoms with Gasteiger partial charge in [0.05, 0.1) is 12.8 Å². The van der Waals surface area contributed by atoms with Crippen LogP contribution in [-0.4, -0.2) is 44.8 Å². The molecule has 144 valence electrons. The van der Waals surface area contributed by atoms with Gasteiger partial charge in [-0.15, -0.1) is 0 Å². The smallest absolute Gasteiger partial charge is 0.264 e. The zero-order valence-electron chi connectivity index (χ0n) is 16.2. The third-order valence-corrected chi connectivity index (χ3v) is 5.05. The molecule has 0 saturated carbocycles. The molecule has 0 aromatic heterocycles. The van der Waals surface area contributed by atoms with Gasteiger partial charge in [0.25, 0.3) is 5.91 Å². The number of hydrogen-bond donors (Lipinski definition) is 1. The number of nitrogens with zero attached hydrogens (tertiary/aromatic N) is 2. The van der Waals surface area contributed by atoms with Crippen LogP contribution in [0.15, 0.2) is 60.8 Å². The SMILES string of the molecule is COc1ccc(NC2C=C(c3ccc4c(c3)N(C)C(=O)CO4)C=CN2C)cc1. The molecule has 1 amide bonds. The standard InChI is InChI=1S/C22H23N3O3/c1-24-11-10-16(13-21(24)23-17-5-7-18(27-3)8-6-17)15-4-9-20-19(12-15)25(2)22(26)14-28-20/h4-13,21,23H,14H2,1-3H3.